The first-order valence-corrected chi connectivity index (χ1v) is 6.80. The van der Waals surface area contributed by atoms with Gasteiger partial charge in [0.2, 0.25) is 0 Å². The Morgan fingerprint density at radius 1 is 1.47 bits per heavy atom. The number of carbonyl (C=O) groups is 1. The number of ether oxygens (including phenoxy) is 1. The van der Waals surface area contributed by atoms with Crippen molar-refractivity contribution in [3.63, 3.8) is 0 Å². The topological polar surface area (TPSA) is 29.5 Å². The minimum Gasteiger partial charge on any atom is -0.444 e. The van der Waals surface area contributed by atoms with Crippen molar-refractivity contribution in [2.75, 3.05) is 7.05 Å². The number of allylic oxidation sites excluding steroid dienone is 3. The third-order valence-corrected chi connectivity index (χ3v) is 3.66. The van der Waals surface area contributed by atoms with Crippen LogP contribution in [-0.2, 0) is 4.74 Å². The summed E-state index contributed by atoms with van der Waals surface area (Å²) in [6.07, 6.45) is 4.39. The second-order valence-electron chi connectivity index (χ2n) is 6.30. The first-order valence-electron chi connectivity index (χ1n) is 6.80. The average Bonchev–Trinajstić information content (AvgIpc) is 2.67. The van der Waals surface area contributed by atoms with Crippen LogP contribution in [0.25, 0.3) is 0 Å². The van der Waals surface area contributed by atoms with Gasteiger partial charge in [-0.1, -0.05) is 6.08 Å². The van der Waals surface area contributed by atoms with Crippen molar-refractivity contribution in [1.29, 1.82) is 0 Å². The summed E-state index contributed by atoms with van der Waals surface area (Å²) in [5.74, 6) is -0.0303. The van der Waals surface area contributed by atoms with Gasteiger partial charge in [-0.05, 0) is 51.2 Å². The van der Waals surface area contributed by atoms with Crippen LogP contribution in [0.5, 0.6) is 0 Å². The Bertz CT molecular complexity index is 446. The van der Waals surface area contributed by atoms with Gasteiger partial charge in [0.1, 0.15) is 11.4 Å². The molecule has 106 valence electrons. The number of halogens is 1. The van der Waals surface area contributed by atoms with Crippen LogP contribution in [0, 0.1) is 0 Å². The first kappa shape index (κ1) is 14.1. The van der Waals surface area contributed by atoms with Crippen LogP contribution in [0.3, 0.4) is 0 Å². The van der Waals surface area contributed by atoms with E-state index >= 15 is 0 Å². The summed E-state index contributed by atoms with van der Waals surface area (Å²) in [7, 11) is 1.74. The van der Waals surface area contributed by atoms with E-state index in [1.165, 1.54) is 0 Å². The minimum atomic E-state index is -0.497. The van der Waals surface area contributed by atoms with Gasteiger partial charge in [0.25, 0.3) is 0 Å². The van der Waals surface area contributed by atoms with E-state index in [-0.39, 0.29) is 18.0 Å². The van der Waals surface area contributed by atoms with Gasteiger partial charge in [0, 0.05) is 19.5 Å². The molecule has 0 saturated heterocycles. The highest BCUT2D eigenvalue weighted by Gasteiger charge is 2.32. The predicted molar refractivity (Wildman–Crippen MR) is 72.5 cm³/mol. The summed E-state index contributed by atoms with van der Waals surface area (Å²) in [5.41, 5.74) is 1.45. The molecule has 19 heavy (non-hydrogen) atoms. The van der Waals surface area contributed by atoms with Crippen molar-refractivity contribution >= 4 is 6.09 Å². The summed E-state index contributed by atoms with van der Waals surface area (Å²) >= 11 is 0. The molecule has 1 atom stereocenters. The third-order valence-electron chi connectivity index (χ3n) is 3.66. The highest BCUT2D eigenvalue weighted by Crippen LogP contribution is 2.39. The highest BCUT2D eigenvalue weighted by molar-refractivity contribution is 5.68. The molecule has 0 radical (unpaired) electrons. The van der Waals surface area contributed by atoms with Gasteiger partial charge in [-0.25, -0.2) is 9.18 Å². The molecule has 0 spiro atoms. The summed E-state index contributed by atoms with van der Waals surface area (Å²) < 4.78 is 19.0. The lowest BCUT2D eigenvalue weighted by molar-refractivity contribution is 0.0209. The van der Waals surface area contributed by atoms with Crippen molar-refractivity contribution < 1.29 is 13.9 Å². The van der Waals surface area contributed by atoms with Crippen molar-refractivity contribution in [1.82, 2.24) is 4.90 Å². The Labute approximate surface area is 114 Å². The van der Waals surface area contributed by atoms with E-state index in [1.54, 1.807) is 11.9 Å². The largest absolute Gasteiger partial charge is 0.444 e. The molecule has 1 fully saturated rings. The van der Waals surface area contributed by atoms with Crippen LogP contribution in [0.15, 0.2) is 23.0 Å². The van der Waals surface area contributed by atoms with Crippen LogP contribution in [0.4, 0.5) is 9.18 Å². The minimum absolute atomic E-state index is 0.0303. The molecule has 0 N–H and O–H groups in total. The van der Waals surface area contributed by atoms with Gasteiger partial charge in [-0.15, -0.1) is 0 Å². The molecule has 2 aliphatic carbocycles. The molecule has 4 heteroatoms. The zero-order chi connectivity index (χ0) is 14.2. The molecule has 2 rings (SSSR count). The van der Waals surface area contributed by atoms with Gasteiger partial charge in [-0.3, -0.25) is 0 Å². The van der Waals surface area contributed by atoms with E-state index < -0.39 is 5.60 Å². The zero-order valence-corrected chi connectivity index (χ0v) is 12.1. The normalized spacial score (nSPS) is 23.0. The number of carbonyl (C=O) groups excluding carboxylic acids is 1. The van der Waals surface area contributed by atoms with Gasteiger partial charge in [0.05, 0.1) is 0 Å². The number of hydrogen-bond donors (Lipinski definition) is 0. The summed E-state index contributed by atoms with van der Waals surface area (Å²) in [4.78, 5) is 13.6. The smallest absolute Gasteiger partial charge is 0.410 e. The number of amides is 1. The van der Waals surface area contributed by atoms with E-state index in [2.05, 4.69) is 0 Å². The van der Waals surface area contributed by atoms with Gasteiger partial charge >= 0.3 is 6.09 Å². The van der Waals surface area contributed by atoms with E-state index in [0.29, 0.717) is 12.8 Å². The Kier molecular flexibility index (Phi) is 3.70. The monoisotopic (exact) mass is 267 g/mol. The molecule has 0 aromatic carbocycles. The fourth-order valence-electron chi connectivity index (χ4n) is 2.60. The molecule has 1 amide bonds. The predicted octanol–water partition coefficient (Wildman–Crippen LogP) is 3.96. The lowest BCUT2D eigenvalue weighted by Gasteiger charge is -2.34. The second kappa shape index (κ2) is 4.99. The number of hydrogen-bond acceptors (Lipinski definition) is 2. The van der Waals surface area contributed by atoms with Crippen molar-refractivity contribution in [2.45, 2.75) is 58.1 Å². The lowest BCUT2D eigenvalue weighted by atomic mass is 9.87. The maximum atomic E-state index is 13.7. The molecule has 1 saturated carbocycles. The van der Waals surface area contributed by atoms with E-state index in [1.807, 2.05) is 26.8 Å². The maximum absolute atomic E-state index is 13.7. The Hall–Kier alpha value is -1.32. The highest BCUT2D eigenvalue weighted by atomic mass is 19.1. The molecule has 0 bridgehead atoms. The Morgan fingerprint density at radius 3 is 2.79 bits per heavy atom. The van der Waals surface area contributed by atoms with Crippen LogP contribution in [-0.4, -0.2) is 29.7 Å². The first-order chi connectivity index (χ1) is 8.78. The molecule has 0 heterocycles. The molecular weight excluding hydrogens is 245 g/mol. The van der Waals surface area contributed by atoms with Crippen molar-refractivity contribution in [2.24, 2.45) is 0 Å². The quantitative estimate of drug-likeness (QED) is 0.719. The SMILES string of the molecule is CN(C(=O)OC(C)(C)C)C1CCC2=CCC(F)=C2C1. The average molecular weight is 267 g/mol. The molecular formula is C15H22FNO2. The molecule has 3 nitrogen and oxygen atoms in total. The van der Waals surface area contributed by atoms with Crippen molar-refractivity contribution in [3.8, 4) is 0 Å². The number of nitrogens with zero attached hydrogens (tertiary/aromatic N) is 1. The number of rotatable bonds is 1. The summed E-state index contributed by atoms with van der Waals surface area (Å²) in [5, 5.41) is 0. The third kappa shape index (κ3) is 3.17. The Balaban J connectivity index is 2.01. The van der Waals surface area contributed by atoms with Crippen LogP contribution >= 0.6 is 0 Å². The van der Waals surface area contributed by atoms with Gasteiger partial charge in [-0.2, -0.15) is 0 Å². The van der Waals surface area contributed by atoms with Crippen molar-refractivity contribution in [3.05, 3.63) is 23.0 Å². The Morgan fingerprint density at radius 2 is 2.16 bits per heavy atom. The molecule has 0 aromatic rings. The standard InChI is InChI=1S/C15H22FNO2/c1-15(2,3)19-14(18)17(4)11-7-5-10-6-8-13(16)12(10)9-11/h6,11H,5,7-9H2,1-4H3. The lowest BCUT2D eigenvalue weighted by Crippen LogP contribution is -2.42. The molecule has 0 aromatic heterocycles. The van der Waals surface area contributed by atoms with E-state index in [9.17, 15) is 9.18 Å². The van der Waals surface area contributed by atoms with E-state index in [4.69, 9.17) is 4.74 Å². The fraction of sp³-hybridized carbons (Fsp3) is 0.667. The van der Waals surface area contributed by atoms with Gasteiger partial charge in [0.15, 0.2) is 0 Å². The van der Waals surface area contributed by atoms with E-state index in [0.717, 1.165) is 24.0 Å². The molecule has 0 aliphatic heterocycles. The summed E-state index contributed by atoms with van der Waals surface area (Å²) in [6.45, 7) is 5.54. The maximum Gasteiger partial charge on any atom is 0.410 e. The zero-order valence-electron chi connectivity index (χ0n) is 12.1. The molecule has 1 unspecified atom stereocenters. The van der Waals surface area contributed by atoms with Crippen LogP contribution in [0.2, 0.25) is 0 Å². The molecule has 2 aliphatic rings. The van der Waals surface area contributed by atoms with Crippen LogP contribution in [0.1, 0.15) is 46.5 Å². The number of fused-ring (bicyclic) bond motifs is 1. The van der Waals surface area contributed by atoms with Gasteiger partial charge < -0.3 is 9.64 Å². The second-order valence-corrected chi connectivity index (χ2v) is 6.30. The van der Waals surface area contributed by atoms with Crippen LogP contribution < -0.4 is 0 Å². The summed E-state index contributed by atoms with van der Waals surface area (Å²) in [6, 6.07) is 0.0332. The fourth-order valence-corrected chi connectivity index (χ4v) is 2.60.